The Morgan fingerprint density at radius 2 is 1.96 bits per heavy atom. The number of nitrogens with two attached hydrogens (primary N) is 1. The lowest BCUT2D eigenvalue weighted by Gasteiger charge is -2.19. The molecule has 7 nitrogen and oxygen atoms in total. The first-order valence-corrected chi connectivity index (χ1v) is 9.80. The number of thiophene rings is 1. The Morgan fingerprint density at radius 3 is 2.46 bits per heavy atom. The minimum absolute atomic E-state index is 0.0208. The van der Waals surface area contributed by atoms with Crippen LogP contribution in [0, 0.1) is 0 Å². The number of anilines is 1. The molecule has 0 spiro atoms. The summed E-state index contributed by atoms with van der Waals surface area (Å²) in [4.78, 5) is 29.6. The molecule has 2 rings (SSSR count). The summed E-state index contributed by atoms with van der Waals surface area (Å²) in [5, 5.41) is 6.77. The van der Waals surface area contributed by atoms with Crippen LogP contribution in [-0.4, -0.2) is 27.1 Å². The molecule has 0 fully saturated rings. The molecular weight excluding hydrogens is 376 g/mol. The van der Waals surface area contributed by atoms with Gasteiger partial charge in [-0.15, -0.1) is 11.3 Å². The number of esters is 1. The lowest BCUT2D eigenvalue weighted by molar-refractivity contribution is 0.00635. The van der Waals surface area contributed by atoms with Crippen LogP contribution in [0.25, 0.3) is 16.5 Å². The molecule has 152 valence electrons. The number of aliphatic imine (C=N–C) groups is 1. The molecule has 0 aliphatic carbocycles. The van der Waals surface area contributed by atoms with Crippen LogP contribution in [0.3, 0.4) is 0 Å². The standard InChI is InChI=1S/C18H22N4O3S.C2H6/c1-7-11(8-20-10(2)3)22-16(23)13-12(9-26-15(13)19)14(21-22)17(24)25-18(4,5)6;1-2/h7-9H,1,19H2,2-6H3;1-2H3/b11-8+;. The van der Waals surface area contributed by atoms with Crippen LogP contribution in [-0.2, 0) is 4.74 Å². The molecule has 0 saturated carbocycles. The maximum Gasteiger partial charge on any atom is 0.360 e. The van der Waals surface area contributed by atoms with Gasteiger partial charge in [0, 0.05) is 16.5 Å². The summed E-state index contributed by atoms with van der Waals surface area (Å²) in [6.45, 7) is 16.6. The molecule has 2 N–H and O–H groups in total. The van der Waals surface area contributed by atoms with Crippen molar-refractivity contribution in [1.29, 1.82) is 0 Å². The minimum atomic E-state index is -0.700. The summed E-state index contributed by atoms with van der Waals surface area (Å²) < 4.78 is 6.50. The van der Waals surface area contributed by atoms with Crippen LogP contribution in [0.4, 0.5) is 5.00 Å². The average Bonchev–Trinajstić information content (AvgIpc) is 2.99. The van der Waals surface area contributed by atoms with E-state index in [0.717, 1.165) is 10.4 Å². The predicted octanol–water partition coefficient (Wildman–Crippen LogP) is 4.49. The van der Waals surface area contributed by atoms with Gasteiger partial charge in [-0.2, -0.15) is 9.78 Å². The number of hydrogen-bond donors (Lipinski definition) is 1. The quantitative estimate of drug-likeness (QED) is 0.460. The van der Waals surface area contributed by atoms with Crippen molar-refractivity contribution < 1.29 is 9.53 Å². The Kier molecular flexibility index (Phi) is 7.87. The molecule has 0 unspecified atom stereocenters. The number of aromatic nitrogens is 2. The van der Waals surface area contributed by atoms with Gasteiger partial charge in [-0.3, -0.25) is 9.79 Å². The number of rotatable bonds is 4. The largest absolute Gasteiger partial charge is 0.455 e. The van der Waals surface area contributed by atoms with Crippen molar-refractivity contribution in [3.63, 3.8) is 0 Å². The first-order chi connectivity index (χ1) is 13.0. The maximum atomic E-state index is 12.9. The molecule has 0 radical (unpaired) electrons. The zero-order chi connectivity index (χ0) is 21.6. The van der Waals surface area contributed by atoms with Gasteiger partial charge in [-0.05, 0) is 40.7 Å². The SMILES string of the molecule is C=C/C(=C\N=C(C)C)n1nc(C(=O)OC(C)(C)C)c2csc(N)c2c1=O.CC. The van der Waals surface area contributed by atoms with E-state index in [0.29, 0.717) is 16.1 Å². The number of allylic oxidation sites excluding steroid dienone is 2. The number of carbonyl (C=O) groups excluding carboxylic acids is 1. The Bertz CT molecular complexity index is 987. The van der Waals surface area contributed by atoms with Crippen LogP contribution in [0.15, 0.2) is 34.0 Å². The molecule has 2 aromatic rings. The molecule has 0 bridgehead atoms. The molecule has 0 aliphatic heterocycles. The Labute approximate surface area is 169 Å². The first-order valence-electron chi connectivity index (χ1n) is 8.92. The molecule has 0 atom stereocenters. The van der Waals surface area contributed by atoms with Crippen LogP contribution in [0.5, 0.6) is 0 Å². The third-order valence-corrected chi connectivity index (χ3v) is 3.99. The van der Waals surface area contributed by atoms with Crippen molar-refractivity contribution in [3.05, 3.63) is 40.3 Å². The molecule has 0 aliphatic rings. The zero-order valence-corrected chi connectivity index (χ0v) is 18.3. The maximum absolute atomic E-state index is 12.9. The Balaban J connectivity index is 0.00000190. The molecular formula is C20H28N4O3S. The van der Waals surface area contributed by atoms with E-state index in [1.807, 2.05) is 27.7 Å². The molecule has 28 heavy (non-hydrogen) atoms. The van der Waals surface area contributed by atoms with Crippen LogP contribution in [0.2, 0.25) is 0 Å². The fraction of sp³-hybridized carbons (Fsp3) is 0.400. The third kappa shape index (κ3) is 5.39. The molecule has 2 heterocycles. The smallest absolute Gasteiger partial charge is 0.360 e. The van der Waals surface area contributed by atoms with Crippen molar-refractivity contribution in [2.24, 2.45) is 4.99 Å². The van der Waals surface area contributed by atoms with Gasteiger partial charge in [0.05, 0.1) is 22.3 Å². The second kappa shape index (κ2) is 9.45. The normalized spacial score (nSPS) is 11.5. The van der Waals surface area contributed by atoms with Gasteiger partial charge in [-0.25, -0.2) is 4.79 Å². The lowest BCUT2D eigenvalue weighted by Crippen LogP contribution is -2.29. The van der Waals surface area contributed by atoms with Crippen molar-refractivity contribution in [1.82, 2.24) is 9.78 Å². The van der Waals surface area contributed by atoms with E-state index in [-0.39, 0.29) is 11.1 Å². The van der Waals surface area contributed by atoms with Gasteiger partial charge < -0.3 is 10.5 Å². The fourth-order valence-electron chi connectivity index (χ4n) is 2.11. The number of nitrogen functional groups attached to an aromatic ring is 1. The molecule has 0 amide bonds. The summed E-state index contributed by atoms with van der Waals surface area (Å²) >= 11 is 1.17. The van der Waals surface area contributed by atoms with Gasteiger partial charge >= 0.3 is 5.97 Å². The molecule has 8 heteroatoms. The highest BCUT2D eigenvalue weighted by Crippen LogP contribution is 2.28. The van der Waals surface area contributed by atoms with Crippen molar-refractivity contribution in [3.8, 4) is 0 Å². The third-order valence-electron chi connectivity index (χ3n) is 3.18. The van der Waals surface area contributed by atoms with E-state index >= 15 is 0 Å². The summed E-state index contributed by atoms with van der Waals surface area (Å²) in [7, 11) is 0. The highest BCUT2D eigenvalue weighted by molar-refractivity contribution is 7.15. The molecule has 0 aromatic carbocycles. The first kappa shape index (κ1) is 23.3. The number of ether oxygens (including phenoxy) is 1. The summed E-state index contributed by atoms with van der Waals surface area (Å²) in [6, 6.07) is 0. The predicted molar refractivity (Wildman–Crippen MR) is 118 cm³/mol. The zero-order valence-electron chi connectivity index (χ0n) is 17.5. The van der Waals surface area contributed by atoms with Gasteiger partial charge in [-0.1, -0.05) is 20.4 Å². The second-order valence-electron chi connectivity index (χ2n) is 6.79. The average molecular weight is 405 g/mol. The Hall–Kier alpha value is -2.74. The van der Waals surface area contributed by atoms with Gasteiger partial charge in [0.25, 0.3) is 5.56 Å². The monoisotopic (exact) mass is 404 g/mol. The number of carbonyl (C=O) groups is 1. The van der Waals surface area contributed by atoms with E-state index in [1.54, 1.807) is 26.2 Å². The van der Waals surface area contributed by atoms with E-state index in [4.69, 9.17) is 10.5 Å². The number of nitrogens with zero attached hydrogens (tertiary/aromatic N) is 3. The number of fused-ring (bicyclic) bond motifs is 1. The second-order valence-corrected chi connectivity index (χ2v) is 7.70. The fourth-order valence-corrected chi connectivity index (χ4v) is 2.90. The van der Waals surface area contributed by atoms with Crippen molar-refractivity contribution >= 4 is 44.5 Å². The highest BCUT2D eigenvalue weighted by atomic mass is 32.1. The van der Waals surface area contributed by atoms with E-state index in [2.05, 4.69) is 16.7 Å². The Morgan fingerprint density at radius 1 is 1.36 bits per heavy atom. The van der Waals surface area contributed by atoms with E-state index in [9.17, 15) is 9.59 Å². The van der Waals surface area contributed by atoms with Crippen molar-refractivity contribution in [2.75, 3.05) is 5.73 Å². The number of hydrogen-bond acceptors (Lipinski definition) is 7. The topological polar surface area (TPSA) is 99.6 Å². The summed E-state index contributed by atoms with van der Waals surface area (Å²) in [5.74, 6) is -0.632. The highest BCUT2D eigenvalue weighted by Gasteiger charge is 2.25. The lowest BCUT2D eigenvalue weighted by atomic mass is 10.2. The van der Waals surface area contributed by atoms with Crippen LogP contribution >= 0.6 is 11.3 Å². The molecule has 2 aromatic heterocycles. The van der Waals surface area contributed by atoms with Crippen LogP contribution < -0.4 is 11.3 Å². The molecule has 0 saturated heterocycles. The van der Waals surface area contributed by atoms with E-state index < -0.39 is 17.1 Å². The van der Waals surface area contributed by atoms with E-state index in [1.165, 1.54) is 23.6 Å². The van der Waals surface area contributed by atoms with Crippen molar-refractivity contribution in [2.45, 2.75) is 54.1 Å². The minimum Gasteiger partial charge on any atom is -0.455 e. The van der Waals surface area contributed by atoms with Gasteiger partial charge in [0.2, 0.25) is 0 Å². The summed E-state index contributed by atoms with van der Waals surface area (Å²) in [5.41, 5.74) is 5.96. The van der Waals surface area contributed by atoms with Gasteiger partial charge in [0.1, 0.15) is 5.60 Å². The van der Waals surface area contributed by atoms with Gasteiger partial charge in [0.15, 0.2) is 5.69 Å². The van der Waals surface area contributed by atoms with Crippen LogP contribution in [0.1, 0.15) is 59.0 Å². The summed E-state index contributed by atoms with van der Waals surface area (Å²) in [6.07, 6.45) is 2.90.